The molecule has 2 heterocycles. The van der Waals surface area contributed by atoms with Crippen LogP contribution < -0.4 is 10.6 Å². The lowest BCUT2D eigenvalue weighted by Crippen LogP contribution is -2.47. The largest absolute Gasteiger partial charge is 0.378 e. The van der Waals surface area contributed by atoms with Gasteiger partial charge in [0.2, 0.25) is 0 Å². The molecule has 4 nitrogen and oxygen atoms in total. The second-order valence-electron chi connectivity index (χ2n) is 5.66. The van der Waals surface area contributed by atoms with Gasteiger partial charge in [0.05, 0.1) is 6.54 Å². The number of hydrogen-bond donors (Lipinski definition) is 3. The van der Waals surface area contributed by atoms with Crippen LogP contribution >= 0.6 is 22.7 Å². The number of rotatable bonds is 5. The zero-order valence-corrected chi connectivity index (χ0v) is 13.9. The van der Waals surface area contributed by atoms with Gasteiger partial charge in [-0.25, -0.2) is 4.79 Å². The van der Waals surface area contributed by atoms with Gasteiger partial charge < -0.3 is 15.7 Å². The van der Waals surface area contributed by atoms with Crippen molar-refractivity contribution in [3.8, 4) is 0 Å². The third-order valence-electron chi connectivity index (χ3n) is 4.12. The maximum atomic E-state index is 12.1. The molecule has 3 N–H and O–H groups in total. The fourth-order valence-electron chi connectivity index (χ4n) is 2.86. The van der Waals surface area contributed by atoms with Gasteiger partial charge >= 0.3 is 6.03 Å². The van der Waals surface area contributed by atoms with Gasteiger partial charge in [0.15, 0.2) is 0 Å². The van der Waals surface area contributed by atoms with Gasteiger partial charge in [-0.3, -0.25) is 0 Å². The van der Waals surface area contributed by atoms with Gasteiger partial charge in [0.1, 0.15) is 5.60 Å². The average molecular weight is 336 g/mol. The molecule has 1 saturated carbocycles. The van der Waals surface area contributed by atoms with Crippen molar-refractivity contribution in [2.75, 3.05) is 6.54 Å². The molecule has 22 heavy (non-hydrogen) atoms. The Kier molecular flexibility index (Phi) is 4.81. The van der Waals surface area contributed by atoms with Gasteiger partial charge in [-0.1, -0.05) is 18.9 Å². The van der Waals surface area contributed by atoms with Gasteiger partial charge in [0.25, 0.3) is 0 Å². The van der Waals surface area contributed by atoms with Crippen molar-refractivity contribution >= 4 is 28.7 Å². The van der Waals surface area contributed by atoms with Crippen molar-refractivity contribution in [2.24, 2.45) is 0 Å². The van der Waals surface area contributed by atoms with Crippen LogP contribution in [0.1, 0.15) is 36.1 Å². The molecule has 2 aromatic heterocycles. The molecule has 0 aromatic carbocycles. The first-order chi connectivity index (χ1) is 10.7. The molecule has 0 saturated heterocycles. The highest BCUT2D eigenvalue weighted by Crippen LogP contribution is 2.33. The SMILES string of the molecule is O=C(NCC(O)(c1ccsc1)c1cccs1)NC1CCCC1. The predicted octanol–water partition coefficient (Wildman–Crippen LogP) is 3.29. The molecule has 0 spiro atoms. The Bertz CT molecular complexity index is 555. The maximum absolute atomic E-state index is 12.1. The quantitative estimate of drug-likeness (QED) is 0.784. The number of urea groups is 1. The average Bonchev–Trinajstić information content (AvgIpc) is 3.26. The number of hydrogen-bond acceptors (Lipinski definition) is 4. The topological polar surface area (TPSA) is 61.4 Å². The Morgan fingerprint density at radius 3 is 2.77 bits per heavy atom. The van der Waals surface area contributed by atoms with Gasteiger partial charge in [-0.15, -0.1) is 11.3 Å². The Morgan fingerprint density at radius 2 is 2.14 bits per heavy atom. The molecule has 118 valence electrons. The minimum Gasteiger partial charge on any atom is -0.378 e. The summed E-state index contributed by atoms with van der Waals surface area (Å²) < 4.78 is 0. The second-order valence-corrected chi connectivity index (χ2v) is 7.39. The molecule has 2 amide bonds. The van der Waals surface area contributed by atoms with E-state index < -0.39 is 5.60 Å². The standard InChI is InChI=1S/C16H20N2O2S2/c19-15(18-13-4-1-2-5-13)17-11-16(20,12-7-9-21-10-12)14-6-3-8-22-14/h3,6-10,13,20H,1-2,4-5,11H2,(H2,17,18,19). The third kappa shape index (κ3) is 3.34. The van der Waals surface area contributed by atoms with Crippen molar-refractivity contribution in [1.29, 1.82) is 0 Å². The fraction of sp³-hybridized carbons (Fsp3) is 0.438. The first kappa shape index (κ1) is 15.5. The van der Waals surface area contributed by atoms with E-state index in [4.69, 9.17) is 0 Å². The van der Waals surface area contributed by atoms with E-state index in [0.29, 0.717) is 0 Å². The van der Waals surface area contributed by atoms with Crippen LogP contribution in [0.5, 0.6) is 0 Å². The van der Waals surface area contributed by atoms with Crippen LogP contribution in [0.3, 0.4) is 0 Å². The first-order valence-corrected chi connectivity index (χ1v) is 9.34. The van der Waals surface area contributed by atoms with Crippen LogP contribution in [-0.4, -0.2) is 23.7 Å². The van der Waals surface area contributed by atoms with Crippen molar-refractivity contribution in [3.05, 3.63) is 44.8 Å². The number of aliphatic hydroxyl groups is 1. The summed E-state index contributed by atoms with van der Waals surface area (Å²) in [6.07, 6.45) is 4.46. The molecule has 1 unspecified atom stereocenters. The monoisotopic (exact) mass is 336 g/mol. The van der Waals surface area contributed by atoms with E-state index in [0.717, 1.165) is 23.3 Å². The lowest BCUT2D eigenvalue weighted by atomic mass is 9.94. The van der Waals surface area contributed by atoms with Gasteiger partial charge in [-0.05, 0) is 41.1 Å². The Balaban J connectivity index is 1.67. The minimum atomic E-state index is -1.17. The van der Waals surface area contributed by atoms with E-state index >= 15 is 0 Å². The molecule has 2 aromatic rings. The highest BCUT2D eigenvalue weighted by atomic mass is 32.1. The van der Waals surface area contributed by atoms with Crippen molar-refractivity contribution < 1.29 is 9.90 Å². The lowest BCUT2D eigenvalue weighted by molar-refractivity contribution is 0.0862. The van der Waals surface area contributed by atoms with Crippen LogP contribution in [-0.2, 0) is 5.60 Å². The van der Waals surface area contributed by atoms with E-state index in [-0.39, 0.29) is 18.6 Å². The summed E-state index contributed by atoms with van der Waals surface area (Å²) in [4.78, 5) is 12.9. The molecule has 6 heteroatoms. The van der Waals surface area contributed by atoms with Crippen LogP contribution in [0.25, 0.3) is 0 Å². The normalized spacial score (nSPS) is 18.0. The number of carbonyl (C=O) groups excluding carboxylic acids is 1. The van der Waals surface area contributed by atoms with Crippen LogP contribution in [0.2, 0.25) is 0 Å². The van der Waals surface area contributed by atoms with Crippen LogP contribution in [0.15, 0.2) is 34.3 Å². The highest BCUT2D eigenvalue weighted by Gasteiger charge is 2.33. The molecular weight excluding hydrogens is 316 g/mol. The number of nitrogens with one attached hydrogen (secondary N) is 2. The Morgan fingerprint density at radius 1 is 1.32 bits per heavy atom. The molecule has 1 fully saturated rings. The molecule has 1 aliphatic rings. The molecule has 3 rings (SSSR count). The smallest absolute Gasteiger partial charge is 0.315 e. The summed E-state index contributed by atoms with van der Waals surface area (Å²) in [5, 5.41) is 22.7. The van der Waals surface area contributed by atoms with Gasteiger partial charge in [-0.2, -0.15) is 11.3 Å². The van der Waals surface area contributed by atoms with Crippen molar-refractivity contribution in [1.82, 2.24) is 10.6 Å². The summed E-state index contributed by atoms with van der Waals surface area (Å²) in [6, 6.07) is 5.79. The summed E-state index contributed by atoms with van der Waals surface area (Å²) in [5.74, 6) is 0. The highest BCUT2D eigenvalue weighted by molar-refractivity contribution is 7.10. The van der Waals surface area contributed by atoms with Crippen LogP contribution in [0.4, 0.5) is 4.79 Å². The zero-order chi connectivity index (χ0) is 15.4. The molecular formula is C16H20N2O2S2. The number of carbonyl (C=O) groups is 1. The van der Waals surface area contributed by atoms with E-state index in [2.05, 4.69) is 10.6 Å². The molecule has 1 aliphatic carbocycles. The van der Waals surface area contributed by atoms with E-state index in [9.17, 15) is 9.90 Å². The molecule has 1 atom stereocenters. The summed E-state index contributed by atoms with van der Waals surface area (Å²) in [7, 11) is 0. The maximum Gasteiger partial charge on any atom is 0.315 e. The fourth-order valence-corrected chi connectivity index (χ4v) is 4.43. The second kappa shape index (κ2) is 6.81. The number of thiophene rings is 2. The minimum absolute atomic E-state index is 0.169. The molecule has 0 radical (unpaired) electrons. The van der Waals surface area contributed by atoms with Crippen molar-refractivity contribution in [3.63, 3.8) is 0 Å². The zero-order valence-electron chi connectivity index (χ0n) is 12.2. The van der Waals surface area contributed by atoms with Crippen molar-refractivity contribution in [2.45, 2.75) is 37.3 Å². The number of amides is 2. The Labute approximate surface area is 138 Å². The molecule has 0 bridgehead atoms. The van der Waals surface area contributed by atoms with Gasteiger partial charge in [0, 0.05) is 16.5 Å². The van der Waals surface area contributed by atoms with E-state index in [1.807, 2.05) is 34.3 Å². The van der Waals surface area contributed by atoms with E-state index in [1.54, 1.807) is 11.3 Å². The predicted molar refractivity (Wildman–Crippen MR) is 90.4 cm³/mol. The lowest BCUT2D eigenvalue weighted by Gasteiger charge is -2.27. The molecule has 0 aliphatic heterocycles. The van der Waals surface area contributed by atoms with E-state index in [1.165, 1.54) is 24.2 Å². The summed E-state index contributed by atoms with van der Waals surface area (Å²) in [5.41, 5.74) is -0.345. The summed E-state index contributed by atoms with van der Waals surface area (Å²) in [6.45, 7) is 0.169. The Hall–Kier alpha value is -1.37. The first-order valence-electron chi connectivity index (χ1n) is 7.52. The van der Waals surface area contributed by atoms with Crippen LogP contribution in [0, 0.1) is 0 Å². The third-order valence-corrected chi connectivity index (χ3v) is 5.83. The summed E-state index contributed by atoms with van der Waals surface area (Å²) >= 11 is 3.04.